The Labute approximate surface area is 123 Å². The van der Waals surface area contributed by atoms with Gasteiger partial charge in [0.25, 0.3) is 5.91 Å². The Hall–Kier alpha value is -2.30. The predicted molar refractivity (Wildman–Crippen MR) is 78.3 cm³/mol. The van der Waals surface area contributed by atoms with Crippen LogP contribution in [0, 0.1) is 11.8 Å². The van der Waals surface area contributed by atoms with Gasteiger partial charge in [-0.3, -0.25) is 9.59 Å². The summed E-state index contributed by atoms with van der Waals surface area (Å²) in [7, 11) is 0. The van der Waals surface area contributed by atoms with Crippen LogP contribution in [0.2, 0.25) is 0 Å². The van der Waals surface area contributed by atoms with Crippen molar-refractivity contribution >= 4 is 11.9 Å². The maximum Gasteiger partial charge on any atom is 0.306 e. The predicted octanol–water partition coefficient (Wildman–Crippen LogP) is 2.04. The van der Waals surface area contributed by atoms with Crippen molar-refractivity contribution in [3.05, 3.63) is 42.5 Å². The molecule has 0 spiro atoms. The van der Waals surface area contributed by atoms with Crippen molar-refractivity contribution in [3.63, 3.8) is 0 Å². The molecule has 1 aliphatic heterocycles. The molecule has 2 rings (SSSR count). The molecule has 1 aromatic carbocycles. The molecule has 1 aliphatic rings. The standard InChI is InChI=1S/C16H19NO4/c1-3-8-21-14-7-5-4-6-13(14)15(18)17-9-12(10-17)11(2)16(19)20/h3-7,11-12H,1,8-10H2,2H3,(H,19,20). The number of para-hydroxylation sites is 1. The summed E-state index contributed by atoms with van der Waals surface area (Å²) in [5.41, 5.74) is 0.501. The summed E-state index contributed by atoms with van der Waals surface area (Å²) in [5.74, 6) is -0.823. The smallest absolute Gasteiger partial charge is 0.306 e. The van der Waals surface area contributed by atoms with E-state index in [0.29, 0.717) is 31.0 Å². The van der Waals surface area contributed by atoms with Crippen molar-refractivity contribution in [1.82, 2.24) is 4.90 Å². The van der Waals surface area contributed by atoms with E-state index in [-0.39, 0.29) is 11.8 Å². The number of hydrogen-bond acceptors (Lipinski definition) is 3. The lowest BCUT2D eigenvalue weighted by Gasteiger charge is -2.41. The van der Waals surface area contributed by atoms with E-state index >= 15 is 0 Å². The topological polar surface area (TPSA) is 66.8 Å². The zero-order valence-electron chi connectivity index (χ0n) is 12.0. The van der Waals surface area contributed by atoms with Gasteiger partial charge in [-0.25, -0.2) is 0 Å². The van der Waals surface area contributed by atoms with Crippen LogP contribution in [0.15, 0.2) is 36.9 Å². The Morgan fingerprint density at radius 3 is 2.76 bits per heavy atom. The summed E-state index contributed by atoms with van der Waals surface area (Å²) in [6.45, 7) is 6.54. The second kappa shape index (κ2) is 6.43. The Morgan fingerprint density at radius 1 is 1.48 bits per heavy atom. The summed E-state index contributed by atoms with van der Waals surface area (Å²) in [6, 6.07) is 7.05. The SMILES string of the molecule is C=CCOc1ccccc1C(=O)N1CC(C(C)C(=O)O)C1. The molecule has 5 heteroatoms. The number of aliphatic carboxylic acids is 1. The number of benzene rings is 1. The summed E-state index contributed by atoms with van der Waals surface area (Å²) < 4.78 is 5.48. The summed E-state index contributed by atoms with van der Waals surface area (Å²) in [5, 5.41) is 8.97. The minimum atomic E-state index is -0.818. The molecule has 0 aromatic heterocycles. The molecule has 1 amide bonds. The van der Waals surface area contributed by atoms with Gasteiger partial charge in [0, 0.05) is 19.0 Å². The van der Waals surface area contributed by atoms with Gasteiger partial charge in [-0.05, 0) is 12.1 Å². The van der Waals surface area contributed by atoms with E-state index in [1.807, 2.05) is 0 Å². The highest BCUT2D eigenvalue weighted by Gasteiger charge is 2.38. The molecule has 0 saturated carbocycles. The quantitative estimate of drug-likeness (QED) is 0.814. The fraction of sp³-hybridized carbons (Fsp3) is 0.375. The summed E-state index contributed by atoms with van der Waals surface area (Å²) in [4.78, 5) is 25.0. The van der Waals surface area contributed by atoms with Crippen molar-refractivity contribution in [2.75, 3.05) is 19.7 Å². The molecule has 1 fully saturated rings. The molecule has 1 aromatic rings. The number of nitrogens with zero attached hydrogens (tertiary/aromatic N) is 1. The molecule has 1 saturated heterocycles. The van der Waals surface area contributed by atoms with E-state index in [0.717, 1.165) is 0 Å². The zero-order chi connectivity index (χ0) is 15.4. The fourth-order valence-corrected chi connectivity index (χ4v) is 2.28. The maximum atomic E-state index is 12.4. The number of carbonyl (C=O) groups is 2. The Bertz CT molecular complexity index is 549. The van der Waals surface area contributed by atoms with Crippen molar-refractivity contribution in [3.8, 4) is 5.75 Å². The van der Waals surface area contributed by atoms with Gasteiger partial charge in [0.2, 0.25) is 0 Å². The van der Waals surface area contributed by atoms with Crippen molar-refractivity contribution in [1.29, 1.82) is 0 Å². The molecule has 1 atom stereocenters. The monoisotopic (exact) mass is 289 g/mol. The lowest BCUT2D eigenvalue weighted by Crippen LogP contribution is -2.53. The third-order valence-electron chi connectivity index (χ3n) is 3.77. The molecule has 0 aliphatic carbocycles. The average molecular weight is 289 g/mol. The molecule has 0 bridgehead atoms. The highest BCUT2D eigenvalue weighted by atomic mass is 16.5. The van der Waals surface area contributed by atoms with Gasteiger partial charge < -0.3 is 14.7 Å². The van der Waals surface area contributed by atoms with Crippen LogP contribution in [0.1, 0.15) is 17.3 Å². The maximum absolute atomic E-state index is 12.4. The first-order chi connectivity index (χ1) is 10.0. The van der Waals surface area contributed by atoms with Crippen molar-refractivity contribution in [2.45, 2.75) is 6.92 Å². The molecular weight excluding hydrogens is 270 g/mol. The average Bonchev–Trinajstić information content (AvgIpc) is 2.43. The molecule has 112 valence electrons. The van der Waals surface area contributed by atoms with E-state index in [2.05, 4.69) is 6.58 Å². The summed E-state index contributed by atoms with van der Waals surface area (Å²) >= 11 is 0. The van der Waals surface area contributed by atoms with Gasteiger partial charge in [-0.1, -0.05) is 31.7 Å². The Kier molecular flexibility index (Phi) is 4.62. The number of ether oxygens (including phenoxy) is 1. The van der Waals surface area contributed by atoms with Crippen LogP contribution in [-0.2, 0) is 4.79 Å². The minimum absolute atomic E-state index is 0.0210. The van der Waals surface area contributed by atoms with Crippen molar-refractivity contribution in [2.24, 2.45) is 11.8 Å². The van der Waals surface area contributed by atoms with E-state index in [1.54, 1.807) is 42.2 Å². The van der Waals surface area contributed by atoms with Crippen LogP contribution < -0.4 is 4.74 Å². The lowest BCUT2D eigenvalue weighted by molar-refractivity contribution is -0.144. The van der Waals surface area contributed by atoms with Gasteiger partial charge in [0.15, 0.2) is 0 Å². The second-order valence-corrected chi connectivity index (χ2v) is 5.19. The molecule has 5 nitrogen and oxygen atoms in total. The number of carboxylic acid groups (broad SMARTS) is 1. The van der Waals surface area contributed by atoms with E-state index in [1.165, 1.54) is 0 Å². The van der Waals surface area contributed by atoms with Crippen LogP contribution in [0.5, 0.6) is 5.75 Å². The number of carbonyl (C=O) groups excluding carboxylic acids is 1. The van der Waals surface area contributed by atoms with Gasteiger partial charge in [-0.15, -0.1) is 0 Å². The molecule has 1 N–H and O–H groups in total. The third kappa shape index (κ3) is 3.24. The van der Waals surface area contributed by atoms with Crippen LogP contribution in [-0.4, -0.2) is 41.6 Å². The van der Waals surface area contributed by atoms with E-state index in [4.69, 9.17) is 9.84 Å². The van der Waals surface area contributed by atoms with Gasteiger partial charge in [0.1, 0.15) is 12.4 Å². The highest BCUT2D eigenvalue weighted by Crippen LogP contribution is 2.28. The highest BCUT2D eigenvalue weighted by molar-refractivity contribution is 5.97. The molecule has 0 radical (unpaired) electrons. The third-order valence-corrected chi connectivity index (χ3v) is 3.77. The minimum Gasteiger partial charge on any atom is -0.489 e. The Morgan fingerprint density at radius 2 is 2.14 bits per heavy atom. The van der Waals surface area contributed by atoms with Crippen LogP contribution >= 0.6 is 0 Å². The summed E-state index contributed by atoms with van der Waals surface area (Å²) in [6.07, 6.45) is 1.62. The van der Waals surface area contributed by atoms with Crippen molar-refractivity contribution < 1.29 is 19.4 Å². The van der Waals surface area contributed by atoms with E-state index in [9.17, 15) is 9.59 Å². The Balaban J connectivity index is 2.02. The molecule has 1 heterocycles. The largest absolute Gasteiger partial charge is 0.489 e. The first-order valence-electron chi connectivity index (χ1n) is 6.89. The zero-order valence-corrected chi connectivity index (χ0v) is 12.0. The molecule has 21 heavy (non-hydrogen) atoms. The van der Waals surface area contributed by atoms with Crippen LogP contribution in [0.25, 0.3) is 0 Å². The lowest BCUT2D eigenvalue weighted by atomic mass is 9.86. The normalized spacial score (nSPS) is 16.0. The van der Waals surface area contributed by atoms with Gasteiger partial charge >= 0.3 is 5.97 Å². The number of carboxylic acids is 1. The van der Waals surface area contributed by atoms with Crippen LogP contribution in [0.3, 0.4) is 0 Å². The first-order valence-corrected chi connectivity index (χ1v) is 6.89. The fourth-order valence-electron chi connectivity index (χ4n) is 2.28. The first kappa shape index (κ1) is 15.1. The number of rotatable bonds is 6. The number of hydrogen-bond donors (Lipinski definition) is 1. The second-order valence-electron chi connectivity index (χ2n) is 5.19. The number of likely N-dealkylation sites (tertiary alicyclic amines) is 1. The van der Waals surface area contributed by atoms with Crippen LogP contribution in [0.4, 0.5) is 0 Å². The van der Waals surface area contributed by atoms with Gasteiger partial charge in [-0.2, -0.15) is 0 Å². The number of amides is 1. The molecular formula is C16H19NO4. The molecule has 1 unspecified atom stereocenters. The van der Waals surface area contributed by atoms with E-state index < -0.39 is 11.9 Å². The van der Waals surface area contributed by atoms with Gasteiger partial charge in [0.05, 0.1) is 11.5 Å².